The Morgan fingerprint density at radius 3 is 2.18 bits per heavy atom. The van der Waals surface area contributed by atoms with Crippen molar-refractivity contribution in [1.82, 2.24) is 15.1 Å². The van der Waals surface area contributed by atoms with Crippen LogP contribution < -0.4 is 10.9 Å². The summed E-state index contributed by atoms with van der Waals surface area (Å²) < 4.78 is 1.30. The highest BCUT2D eigenvalue weighted by atomic mass is 16.3. The van der Waals surface area contributed by atoms with Crippen LogP contribution in [0.25, 0.3) is 22.4 Å². The van der Waals surface area contributed by atoms with Crippen molar-refractivity contribution in [2.45, 2.75) is 26.5 Å². The number of rotatable bonds is 6. The van der Waals surface area contributed by atoms with Crippen molar-refractivity contribution >= 4 is 5.91 Å². The third-order valence-corrected chi connectivity index (χ3v) is 4.35. The molecule has 1 atom stereocenters. The fourth-order valence-electron chi connectivity index (χ4n) is 3.01. The molecule has 1 aromatic heterocycles. The molecule has 6 nitrogen and oxygen atoms in total. The molecule has 0 radical (unpaired) electrons. The number of aliphatic hydroxyl groups excluding tert-OH is 1. The second-order valence-corrected chi connectivity index (χ2v) is 6.51. The number of aliphatic hydroxyl groups is 1. The molecule has 0 saturated heterocycles. The monoisotopic (exact) mass is 377 g/mol. The van der Waals surface area contributed by atoms with Gasteiger partial charge in [-0.15, -0.1) is 0 Å². The number of aromatic nitrogens is 2. The van der Waals surface area contributed by atoms with E-state index < -0.39 is 17.6 Å². The van der Waals surface area contributed by atoms with E-state index in [2.05, 4.69) is 10.4 Å². The molecule has 3 rings (SSSR count). The van der Waals surface area contributed by atoms with Gasteiger partial charge in [-0.3, -0.25) is 9.59 Å². The molecule has 3 aromatic rings. The molecule has 0 aliphatic carbocycles. The summed E-state index contributed by atoms with van der Waals surface area (Å²) in [6.07, 6.45) is -0.715. The third-order valence-electron chi connectivity index (χ3n) is 4.35. The lowest BCUT2D eigenvalue weighted by Gasteiger charge is -2.17. The van der Waals surface area contributed by atoms with E-state index >= 15 is 0 Å². The van der Waals surface area contributed by atoms with E-state index in [0.717, 1.165) is 11.1 Å². The van der Waals surface area contributed by atoms with Gasteiger partial charge in [-0.2, -0.15) is 5.10 Å². The average Bonchev–Trinajstić information content (AvgIpc) is 2.72. The summed E-state index contributed by atoms with van der Waals surface area (Å²) in [6, 6.07) is 18.8. The van der Waals surface area contributed by atoms with E-state index in [1.54, 1.807) is 6.92 Å². The third kappa shape index (κ3) is 4.02. The predicted molar refractivity (Wildman–Crippen MR) is 109 cm³/mol. The molecule has 144 valence electrons. The molecule has 2 N–H and O–H groups in total. The summed E-state index contributed by atoms with van der Waals surface area (Å²) in [5, 5.41) is 16.7. The summed E-state index contributed by atoms with van der Waals surface area (Å²) in [7, 11) is 0. The highest BCUT2D eigenvalue weighted by Gasteiger charge is 2.24. The summed E-state index contributed by atoms with van der Waals surface area (Å²) >= 11 is 0. The molecule has 0 bridgehead atoms. The molecule has 6 heteroatoms. The van der Waals surface area contributed by atoms with Crippen molar-refractivity contribution in [1.29, 1.82) is 0 Å². The second kappa shape index (κ2) is 8.63. The van der Waals surface area contributed by atoms with Crippen molar-refractivity contribution in [3.8, 4) is 22.4 Å². The van der Waals surface area contributed by atoms with Crippen molar-refractivity contribution in [2.24, 2.45) is 0 Å². The zero-order valence-corrected chi connectivity index (χ0v) is 15.9. The van der Waals surface area contributed by atoms with E-state index in [1.807, 2.05) is 67.6 Å². The van der Waals surface area contributed by atoms with Gasteiger partial charge in [0, 0.05) is 24.2 Å². The number of nitrogens with one attached hydrogen (secondary N) is 1. The van der Waals surface area contributed by atoms with Crippen LogP contribution in [0.2, 0.25) is 0 Å². The fourth-order valence-corrected chi connectivity index (χ4v) is 3.01. The molecule has 28 heavy (non-hydrogen) atoms. The van der Waals surface area contributed by atoms with E-state index in [4.69, 9.17) is 0 Å². The highest BCUT2D eigenvalue weighted by molar-refractivity contribution is 6.03. The van der Waals surface area contributed by atoms with Crippen molar-refractivity contribution in [3.63, 3.8) is 0 Å². The van der Waals surface area contributed by atoms with Gasteiger partial charge in [-0.05, 0) is 19.4 Å². The second-order valence-electron chi connectivity index (χ2n) is 6.51. The van der Waals surface area contributed by atoms with Crippen LogP contribution in [0.5, 0.6) is 0 Å². The summed E-state index contributed by atoms with van der Waals surface area (Å²) in [6.45, 7) is 3.78. The van der Waals surface area contributed by atoms with Gasteiger partial charge in [0.05, 0.1) is 11.8 Å². The van der Waals surface area contributed by atoms with Gasteiger partial charge in [0.2, 0.25) is 0 Å². The molecular weight excluding hydrogens is 354 g/mol. The number of hydrogen-bond acceptors (Lipinski definition) is 4. The lowest BCUT2D eigenvalue weighted by Crippen LogP contribution is -2.38. The minimum absolute atomic E-state index is 0.0301. The Labute approximate surface area is 163 Å². The molecular formula is C22H23N3O3. The molecule has 0 saturated carbocycles. The lowest BCUT2D eigenvalue weighted by molar-refractivity contribution is 0.0922. The lowest BCUT2D eigenvalue weighted by atomic mass is 9.95. The summed E-state index contributed by atoms with van der Waals surface area (Å²) in [4.78, 5) is 26.0. The maximum absolute atomic E-state index is 13.0. The Morgan fingerprint density at radius 2 is 1.64 bits per heavy atom. The molecule has 0 spiro atoms. The van der Waals surface area contributed by atoms with Crippen LogP contribution in [-0.4, -0.2) is 33.4 Å². The first-order chi connectivity index (χ1) is 13.5. The minimum atomic E-state index is -0.715. The Morgan fingerprint density at radius 1 is 1.07 bits per heavy atom. The maximum Gasteiger partial charge on any atom is 0.280 e. The zero-order chi connectivity index (χ0) is 20.1. The number of hydrogen-bond donors (Lipinski definition) is 2. The Hall–Kier alpha value is -3.25. The smallest absolute Gasteiger partial charge is 0.280 e. The normalized spacial score (nSPS) is 11.8. The van der Waals surface area contributed by atoms with E-state index in [9.17, 15) is 14.7 Å². The van der Waals surface area contributed by atoms with E-state index in [1.165, 1.54) is 4.68 Å². The fraction of sp³-hybridized carbons (Fsp3) is 0.227. The zero-order valence-electron chi connectivity index (χ0n) is 15.9. The number of aryl methyl sites for hydroxylation is 1. The van der Waals surface area contributed by atoms with E-state index in [0.29, 0.717) is 17.8 Å². The quantitative estimate of drug-likeness (QED) is 0.692. The van der Waals surface area contributed by atoms with Crippen LogP contribution in [0, 0.1) is 0 Å². The molecule has 0 aliphatic heterocycles. The van der Waals surface area contributed by atoms with Crippen molar-refractivity contribution < 1.29 is 9.90 Å². The SMILES string of the molecule is CCn1nc(-c2ccccc2)c(-c2ccccc2)c(C(=O)NCC(C)O)c1=O. The standard InChI is InChI=1S/C22H23N3O3/c1-3-25-22(28)19(21(27)23-14-15(2)26)18(16-10-6-4-7-11-16)20(24-25)17-12-8-5-9-13-17/h4-13,15,26H,3,14H2,1-2H3,(H,23,27). The number of benzene rings is 2. The highest BCUT2D eigenvalue weighted by Crippen LogP contribution is 2.31. The van der Waals surface area contributed by atoms with Crippen LogP contribution in [0.1, 0.15) is 24.2 Å². The number of amides is 1. The van der Waals surface area contributed by atoms with Gasteiger partial charge < -0.3 is 10.4 Å². The Bertz CT molecular complexity index is 1010. The molecule has 0 aliphatic rings. The molecule has 0 fully saturated rings. The average molecular weight is 377 g/mol. The van der Waals surface area contributed by atoms with Gasteiger partial charge in [-0.1, -0.05) is 60.7 Å². The van der Waals surface area contributed by atoms with Crippen LogP contribution >= 0.6 is 0 Å². The van der Waals surface area contributed by atoms with E-state index in [-0.39, 0.29) is 12.1 Å². The van der Waals surface area contributed by atoms with Crippen molar-refractivity contribution in [3.05, 3.63) is 76.6 Å². The first-order valence-electron chi connectivity index (χ1n) is 9.25. The molecule has 1 amide bonds. The van der Waals surface area contributed by atoms with Crippen LogP contribution in [0.4, 0.5) is 0 Å². The summed E-state index contributed by atoms with van der Waals surface area (Å²) in [5.74, 6) is -0.522. The van der Waals surface area contributed by atoms with Crippen LogP contribution in [0.3, 0.4) is 0 Å². The molecule has 1 unspecified atom stereocenters. The maximum atomic E-state index is 13.0. The Kier molecular flexibility index (Phi) is 6.01. The van der Waals surface area contributed by atoms with Gasteiger partial charge in [-0.25, -0.2) is 4.68 Å². The van der Waals surface area contributed by atoms with Crippen LogP contribution in [-0.2, 0) is 6.54 Å². The largest absolute Gasteiger partial charge is 0.392 e. The topological polar surface area (TPSA) is 84.2 Å². The Balaban J connectivity index is 2.32. The first kappa shape index (κ1) is 19.5. The van der Waals surface area contributed by atoms with Crippen LogP contribution in [0.15, 0.2) is 65.5 Å². The predicted octanol–water partition coefficient (Wildman–Crippen LogP) is 2.71. The number of carbonyl (C=O) groups is 1. The summed E-state index contributed by atoms with van der Waals surface area (Å²) in [5.41, 5.74) is 2.18. The van der Waals surface area contributed by atoms with Crippen molar-refractivity contribution in [2.75, 3.05) is 6.54 Å². The number of carbonyl (C=O) groups excluding carboxylic acids is 1. The molecule has 1 heterocycles. The van der Waals surface area contributed by atoms with Gasteiger partial charge in [0.25, 0.3) is 11.5 Å². The minimum Gasteiger partial charge on any atom is -0.392 e. The van der Waals surface area contributed by atoms with Gasteiger partial charge in [0.15, 0.2) is 0 Å². The van der Waals surface area contributed by atoms with Gasteiger partial charge in [0.1, 0.15) is 5.56 Å². The first-order valence-corrected chi connectivity index (χ1v) is 9.25. The number of nitrogens with zero attached hydrogens (tertiary/aromatic N) is 2. The molecule has 2 aromatic carbocycles. The van der Waals surface area contributed by atoms with Gasteiger partial charge >= 0.3 is 0 Å².